The zero-order valence-corrected chi connectivity index (χ0v) is 22.4. The molecule has 0 spiro atoms. The lowest BCUT2D eigenvalue weighted by Crippen LogP contribution is -2.64. The number of fused-ring (bicyclic) bond motifs is 1. The molecular weight excluding hydrogens is 488 g/mol. The van der Waals surface area contributed by atoms with Gasteiger partial charge in [-0.3, -0.25) is 14.3 Å². The van der Waals surface area contributed by atoms with E-state index < -0.39 is 11.5 Å². The van der Waals surface area contributed by atoms with E-state index in [0.29, 0.717) is 19.5 Å². The Labute approximate surface area is 221 Å². The minimum absolute atomic E-state index is 0.0575. The lowest BCUT2D eigenvalue weighted by molar-refractivity contribution is -0.133. The van der Waals surface area contributed by atoms with Crippen LogP contribution in [0.15, 0.2) is 59.5 Å². The quantitative estimate of drug-likeness (QED) is 0.340. The van der Waals surface area contributed by atoms with Crippen molar-refractivity contribution < 1.29 is 19.1 Å². The Morgan fingerprint density at radius 3 is 2.43 bits per heavy atom. The van der Waals surface area contributed by atoms with Gasteiger partial charge in [-0.15, -0.1) is 11.8 Å². The maximum Gasteiger partial charge on any atom is 0.358 e. The van der Waals surface area contributed by atoms with E-state index in [9.17, 15) is 14.4 Å². The molecule has 0 bridgehead atoms. The second-order valence-electron chi connectivity index (χ2n) is 9.29. The molecule has 2 heterocycles. The van der Waals surface area contributed by atoms with Crippen molar-refractivity contribution in [2.45, 2.75) is 50.7 Å². The molecule has 4 rings (SSSR count). The van der Waals surface area contributed by atoms with Gasteiger partial charge in [0.2, 0.25) is 5.91 Å². The van der Waals surface area contributed by atoms with Crippen molar-refractivity contribution in [3.05, 3.63) is 82.7 Å². The molecule has 1 N–H and O–H groups in total. The topological polar surface area (TPSA) is 93.5 Å². The molecule has 1 atom stereocenters. The fourth-order valence-electron chi connectivity index (χ4n) is 4.41. The summed E-state index contributed by atoms with van der Waals surface area (Å²) in [4.78, 5) is 42.4. The molecule has 0 fully saturated rings. The van der Waals surface area contributed by atoms with E-state index in [1.165, 1.54) is 10.7 Å². The molecule has 1 aliphatic rings. The van der Waals surface area contributed by atoms with Crippen molar-refractivity contribution in [2.75, 3.05) is 19.4 Å². The van der Waals surface area contributed by atoms with Crippen LogP contribution in [-0.2, 0) is 29.0 Å². The first kappa shape index (κ1) is 26.5. The number of rotatable bonds is 9. The highest BCUT2D eigenvalue weighted by molar-refractivity contribution is 7.98. The third kappa shape index (κ3) is 5.72. The minimum Gasteiger partial charge on any atom is -0.461 e. The summed E-state index contributed by atoms with van der Waals surface area (Å²) in [6, 6.07) is 17.6. The highest BCUT2D eigenvalue weighted by atomic mass is 32.2. The van der Waals surface area contributed by atoms with Gasteiger partial charge in [0, 0.05) is 24.1 Å². The van der Waals surface area contributed by atoms with E-state index in [1.807, 2.05) is 61.7 Å². The number of amides is 2. The van der Waals surface area contributed by atoms with Gasteiger partial charge in [0.1, 0.15) is 11.2 Å². The average molecular weight is 521 g/mol. The Morgan fingerprint density at radius 1 is 1.11 bits per heavy atom. The smallest absolute Gasteiger partial charge is 0.358 e. The van der Waals surface area contributed by atoms with Gasteiger partial charge in [-0.25, -0.2) is 4.79 Å². The van der Waals surface area contributed by atoms with Gasteiger partial charge in [-0.05, 0) is 56.7 Å². The van der Waals surface area contributed by atoms with Crippen molar-refractivity contribution in [3.8, 4) is 0 Å². The molecule has 9 heteroatoms. The first-order valence-electron chi connectivity index (χ1n) is 12.3. The van der Waals surface area contributed by atoms with Gasteiger partial charge in [0.25, 0.3) is 5.91 Å². The van der Waals surface area contributed by atoms with Gasteiger partial charge in [-0.1, -0.05) is 42.0 Å². The van der Waals surface area contributed by atoms with Gasteiger partial charge in [-0.2, -0.15) is 5.10 Å². The van der Waals surface area contributed by atoms with Crippen LogP contribution in [0.25, 0.3) is 0 Å². The van der Waals surface area contributed by atoms with E-state index >= 15 is 0 Å². The summed E-state index contributed by atoms with van der Waals surface area (Å²) in [5.41, 5.74) is 2.30. The molecule has 37 heavy (non-hydrogen) atoms. The number of nitrogens with zero attached hydrogens (tertiary/aromatic N) is 3. The molecule has 1 aromatic heterocycles. The molecule has 3 aromatic rings. The van der Waals surface area contributed by atoms with Gasteiger partial charge in [0.05, 0.1) is 13.2 Å². The van der Waals surface area contributed by atoms with E-state index in [2.05, 4.69) is 10.4 Å². The Bertz CT molecular complexity index is 1290. The van der Waals surface area contributed by atoms with Crippen LogP contribution < -0.4 is 5.32 Å². The third-order valence-corrected chi connectivity index (χ3v) is 7.37. The van der Waals surface area contributed by atoms with E-state index in [0.717, 1.165) is 21.6 Å². The van der Waals surface area contributed by atoms with Crippen LogP contribution in [0.2, 0.25) is 0 Å². The SMILES string of the molecule is CCOC(=O)c1cc2n(n1)CC(C)(C(=O)NCc1ccc(C)cc1)N(CCc1ccc(SC)cc1)C2=O. The van der Waals surface area contributed by atoms with Gasteiger partial charge < -0.3 is 15.0 Å². The van der Waals surface area contributed by atoms with Crippen molar-refractivity contribution in [2.24, 2.45) is 0 Å². The number of ether oxygens (including phenoxy) is 1. The van der Waals surface area contributed by atoms with Crippen molar-refractivity contribution >= 4 is 29.5 Å². The molecule has 0 radical (unpaired) electrons. The van der Waals surface area contributed by atoms with Crippen LogP contribution in [0, 0.1) is 6.92 Å². The number of hydrogen-bond acceptors (Lipinski definition) is 6. The summed E-state index contributed by atoms with van der Waals surface area (Å²) < 4.78 is 6.51. The standard InChI is InChI=1S/C28H32N4O4S/c1-5-36-26(34)23-16-24-25(33)31(15-14-20-10-12-22(37-4)13-11-20)28(3,18-32(24)30-23)27(35)29-17-21-8-6-19(2)7-9-21/h6-13,16H,5,14-15,17-18H2,1-4H3,(H,29,35). The Balaban J connectivity index is 1.60. The molecule has 194 valence electrons. The fraction of sp³-hybridized carbons (Fsp3) is 0.357. The lowest BCUT2D eigenvalue weighted by atomic mass is 9.94. The van der Waals surface area contributed by atoms with E-state index in [-0.39, 0.29) is 36.4 Å². The van der Waals surface area contributed by atoms with Crippen molar-refractivity contribution in [1.82, 2.24) is 20.0 Å². The van der Waals surface area contributed by atoms with Crippen molar-refractivity contribution in [3.63, 3.8) is 0 Å². The molecule has 0 saturated heterocycles. The third-order valence-electron chi connectivity index (χ3n) is 6.63. The Kier molecular flexibility index (Phi) is 8.02. The zero-order valence-electron chi connectivity index (χ0n) is 21.6. The summed E-state index contributed by atoms with van der Waals surface area (Å²) in [6.07, 6.45) is 2.61. The molecule has 2 amide bonds. The predicted octanol–water partition coefficient (Wildman–Crippen LogP) is 3.86. The van der Waals surface area contributed by atoms with Crippen LogP contribution >= 0.6 is 11.8 Å². The summed E-state index contributed by atoms with van der Waals surface area (Å²) in [5, 5.41) is 7.31. The highest BCUT2D eigenvalue weighted by Gasteiger charge is 2.48. The summed E-state index contributed by atoms with van der Waals surface area (Å²) in [7, 11) is 0. The minimum atomic E-state index is -1.20. The van der Waals surface area contributed by atoms with Crippen LogP contribution in [0.4, 0.5) is 0 Å². The second-order valence-corrected chi connectivity index (χ2v) is 10.2. The molecule has 0 saturated carbocycles. The van der Waals surface area contributed by atoms with E-state index in [4.69, 9.17) is 4.74 Å². The van der Waals surface area contributed by atoms with Crippen LogP contribution in [0.1, 0.15) is 51.5 Å². The first-order valence-corrected chi connectivity index (χ1v) is 13.5. The molecule has 2 aromatic carbocycles. The second kappa shape index (κ2) is 11.2. The highest BCUT2D eigenvalue weighted by Crippen LogP contribution is 2.28. The molecule has 8 nitrogen and oxygen atoms in total. The van der Waals surface area contributed by atoms with Crippen LogP contribution in [0.5, 0.6) is 0 Å². The van der Waals surface area contributed by atoms with Gasteiger partial charge >= 0.3 is 5.97 Å². The van der Waals surface area contributed by atoms with Crippen LogP contribution in [0.3, 0.4) is 0 Å². The summed E-state index contributed by atoms with van der Waals surface area (Å²) in [5.74, 6) is -1.22. The number of aryl methyl sites for hydroxylation is 1. The fourth-order valence-corrected chi connectivity index (χ4v) is 4.82. The largest absolute Gasteiger partial charge is 0.461 e. The average Bonchev–Trinajstić information content (AvgIpc) is 3.32. The maximum atomic E-state index is 13.7. The molecule has 1 unspecified atom stereocenters. The molecule has 0 aliphatic carbocycles. The van der Waals surface area contributed by atoms with Gasteiger partial charge in [0.15, 0.2) is 5.69 Å². The number of carbonyl (C=O) groups is 3. The monoisotopic (exact) mass is 520 g/mol. The predicted molar refractivity (Wildman–Crippen MR) is 143 cm³/mol. The molecule has 1 aliphatic heterocycles. The maximum absolute atomic E-state index is 13.7. The molecular formula is C28H32N4O4S. The number of thioether (sulfide) groups is 1. The first-order chi connectivity index (χ1) is 17.7. The summed E-state index contributed by atoms with van der Waals surface area (Å²) in [6.45, 7) is 6.48. The Morgan fingerprint density at radius 2 is 1.78 bits per heavy atom. The van der Waals surface area contributed by atoms with E-state index in [1.54, 1.807) is 30.5 Å². The number of aromatic nitrogens is 2. The lowest BCUT2D eigenvalue weighted by Gasteiger charge is -2.43. The van der Waals surface area contributed by atoms with Crippen LogP contribution in [-0.4, -0.2) is 57.4 Å². The number of hydrogen-bond donors (Lipinski definition) is 1. The van der Waals surface area contributed by atoms with Crippen molar-refractivity contribution in [1.29, 1.82) is 0 Å². The summed E-state index contributed by atoms with van der Waals surface area (Å²) >= 11 is 1.67. The Hall–Kier alpha value is -3.59. The number of nitrogens with one attached hydrogen (secondary N) is 1. The number of esters is 1. The normalized spacial score (nSPS) is 16.9. The number of carbonyl (C=O) groups excluding carboxylic acids is 3. The number of benzene rings is 2. The zero-order chi connectivity index (χ0) is 26.6.